The Bertz CT molecular complexity index is 876. The summed E-state index contributed by atoms with van der Waals surface area (Å²) in [5.41, 5.74) is 2.63. The second-order valence-corrected chi connectivity index (χ2v) is 7.43. The number of carbonyl (C=O) groups is 1. The molecule has 0 radical (unpaired) electrons. The molecule has 1 amide bonds. The predicted octanol–water partition coefficient (Wildman–Crippen LogP) is 3.82. The minimum atomic E-state index is -4.02. The summed E-state index contributed by atoms with van der Waals surface area (Å²) in [5.74, 6) is -0.710. The molecule has 1 heterocycles. The first kappa shape index (κ1) is 15.4. The van der Waals surface area contributed by atoms with E-state index in [0.717, 1.165) is 0 Å². The lowest BCUT2D eigenvalue weighted by molar-refractivity contribution is 0.0891. The van der Waals surface area contributed by atoms with Crippen molar-refractivity contribution in [2.45, 2.75) is 4.90 Å². The van der Waals surface area contributed by atoms with Crippen molar-refractivity contribution < 1.29 is 13.2 Å². The number of rotatable bonds is 2. The van der Waals surface area contributed by atoms with Crippen molar-refractivity contribution in [1.29, 1.82) is 0 Å². The quantitative estimate of drug-likeness (QED) is 0.864. The first-order valence-corrected chi connectivity index (χ1v) is 8.49. The highest BCUT2D eigenvalue weighted by Gasteiger charge is 2.41. The summed E-state index contributed by atoms with van der Waals surface area (Å²) in [6.45, 7) is 0. The maximum Gasteiger partial charge on any atom is 0.288 e. The normalized spacial score (nSPS) is 15.8. The van der Waals surface area contributed by atoms with Crippen molar-refractivity contribution in [2.24, 2.45) is 0 Å². The fraction of sp³-hybridized carbons (Fsp3) is 0. The van der Waals surface area contributed by atoms with E-state index in [1.54, 1.807) is 6.07 Å². The molecule has 0 atom stereocenters. The number of carbonyl (C=O) groups excluding carboxylic acids is 1. The van der Waals surface area contributed by atoms with Crippen LogP contribution < -0.4 is 5.43 Å². The van der Waals surface area contributed by atoms with Gasteiger partial charge in [0.05, 0.1) is 21.3 Å². The lowest BCUT2D eigenvalue weighted by Crippen LogP contribution is -2.35. The summed E-state index contributed by atoms with van der Waals surface area (Å²) in [4.78, 5) is 12.2. The molecular formula is C13H7Cl3N2O3S. The number of sulfonamides is 1. The smallest absolute Gasteiger partial charge is 0.278 e. The highest BCUT2D eigenvalue weighted by atomic mass is 35.5. The Morgan fingerprint density at radius 3 is 2.18 bits per heavy atom. The molecular weight excluding hydrogens is 371 g/mol. The SMILES string of the molecule is O=C1c2ccccc2S(=O)(=O)N1Nc1c(Cl)cc(Cl)cc1Cl. The fourth-order valence-electron chi connectivity index (χ4n) is 2.05. The first-order chi connectivity index (χ1) is 10.3. The molecule has 0 saturated heterocycles. The van der Waals surface area contributed by atoms with Crippen molar-refractivity contribution >= 4 is 56.4 Å². The average molecular weight is 378 g/mol. The lowest BCUT2D eigenvalue weighted by atomic mass is 10.2. The third-order valence-corrected chi connectivity index (χ3v) is 5.50. The Morgan fingerprint density at radius 1 is 1.00 bits per heavy atom. The Balaban J connectivity index is 2.07. The molecule has 0 fully saturated rings. The van der Waals surface area contributed by atoms with Crippen molar-refractivity contribution in [3.8, 4) is 0 Å². The maximum atomic E-state index is 12.4. The van der Waals surface area contributed by atoms with E-state index < -0.39 is 15.9 Å². The third-order valence-electron chi connectivity index (χ3n) is 3.04. The number of nitrogens with one attached hydrogen (secondary N) is 1. The summed E-state index contributed by atoms with van der Waals surface area (Å²) in [5, 5.41) is 0.479. The van der Waals surface area contributed by atoms with Crippen LogP contribution in [-0.2, 0) is 10.0 Å². The lowest BCUT2D eigenvalue weighted by Gasteiger charge is -2.19. The van der Waals surface area contributed by atoms with Gasteiger partial charge < -0.3 is 0 Å². The van der Waals surface area contributed by atoms with Crippen LogP contribution in [-0.4, -0.2) is 18.7 Å². The van der Waals surface area contributed by atoms with Crippen LogP contribution in [0.25, 0.3) is 0 Å². The highest BCUT2D eigenvalue weighted by Crippen LogP contribution is 2.37. The molecule has 2 aromatic carbocycles. The molecule has 0 spiro atoms. The second kappa shape index (κ2) is 5.31. The monoisotopic (exact) mass is 376 g/mol. The van der Waals surface area contributed by atoms with Crippen molar-refractivity contribution in [3.63, 3.8) is 0 Å². The third kappa shape index (κ3) is 2.32. The number of hydrazine groups is 1. The standard InChI is InChI=1S/C13H7Cl3N2O3S/c14-7-5-9(15)12(10(16)6-7)17-18-13(19)8-3-1-2-4-11(8)22(18,20)21/h1-6,17H. The highest BCUT2D eigenvalue weighted by molar-refractivity contribution is 7.90. The number of hydrogen-bond acceptors (Lipinski definition) is 4. The Labute approximate surface area is 141 Å². The maximum absolute atomic E-state index is 12.4. The van der Waals surface area contributed by atoms with E-state index in [2.05, 4.69) is 5.43 Å². The van der Waals surface area contributed by atoms with E-state index in [-0.39, 0.29) is 26.2 Å². The van der Waals surface area contributed by atoms with E-state index >= 15 is 0 Å². The molecule has 5 nitrogen and oxygen atoms in total. The Morgan fingerprint density at radius 2 is 1.59 bits per heavy atom. The molecule has 0 aromatic heterocycles. The van der Waals surface area contributed by atoms with E-state index in [0.29, 0.717) is 9.44 Å². The molecule has 0 unspecified atom stereocenters. The van der Waals surface area contributed by atoms with E-state index in [1.165, 1.54) is 30.3 Å². The summed E-state index contributed by atoms with van der Waals surface area (Å²) in [6.07, 6.45) is 0. The van der Waals surface area contributed by atoms with Crippen LogP contribution >= 0.6 is 34.8 Å². The van der Waals surface area contributed by atoms with Gasteiger partial charge in [0, 0.05) is 5.02 Å². The zero-order chi connectivity index (χ0) is 16.1. The van der Waals surface area contributed by atoms with Crippen LogP contribution in [0.3, 0.4) is 0 Å². The molecule has 3 rings (SSSR count). The van der Waals surface area contributed by atoms with Gasteiger partial charge in [-0.1, -0.05) is 46.9 Å². The summed E-state index contributed by atoms with van der Waals surface area (Å²) < 4.78 is 25.4. The van der Waals surface area contributed by atoms with Crippen LogP contribution in [0.5, 0.6) is 0 Å². The zero-order valence-electron chi connectivity index (χ0n) is 10.7. The Kier molecular flexibility index (Phi) is 3.72. The molecule has 0 aliphatic carbocycles. The van der Waals surface area contributed by atoms with Gasteiger partial charge in [-0.2, -0.15) is 8.42 Å². The number of amides is 1. The van der Waals surface area contributed by atoms with Crippen molar-refractivity contribution in [2.75, 3.05) is 5.43 Å². The van der Waals surface area contributed by atoms with Gasteiger partial charge >= 0.3 is 0 Å². The van der Waals surface area contributed by atoms with Crippen LogP contribution in [0.2, 0.25) is 15.1 Å². The molecule has 2 aromatic rings. The van der Waals surface area contributed by atoms with Gasteiger partial charge in [0.15, 0.2) is 0 Å². The zero-order valence-corrected chi connectivity index (χ0v) is 13.8. The molecule has 9 heteroatoms. The van der Waals surface area contributed by atoms with Crippen LogP contribution in [0, 0.1) is 0 Å². The predicted molar refractivity (Wildman–Crippen MR) is 84.9 cm³/mol. The fourth-order valence-corrected chi connectivity index (χ4v) is 4.36. The van der Waals surface area contributed by atoms with Gasteiger partial charge in [0.2, 0.25) is 0 Å². The van der Waals surface area contributed by atoms with E-state index in [1.807, 2.05) is 0 Å². The second-order valence-electron chi connectivity index (χ2n) is 4.43. The van der Waals surface area contributed by atoms with Gasteiger partial charge in [-0.15, -0.1) is 4.41 Å². The minimum Gasteiger partial charge on any atom is -0.278 e. The largest absolute Gasteiger partial charge is 0.288 e. The molecule has 0 saturated carbocycles. The average Bonchev–Trinajstić information content (AvgIpc) is 2.63. The van der Waals surface area contributed by atoms with Gasteiger partial charge in [0.25, 0.3) is 15.9 Å². The number of nitrogens with zero attached hydrogens (tertiary/aromatic N) is 1. The molecule has 114 valence electrons. The summed E-state index contributed by atoms with van der Waals surface area (Å²) in [7, 11) is -4.02. The molecule has 1 aliphatic rings. The minimum absolute atomic E-state index is 0.0753. The number of benzene rings is 2. The molecule has 22 heavy (non-hydrogen) atoms. The van der Waals surface area contributed by atoms with Gasteiger partial charge in [0.1, 0.15) is 4.90 Å². The topological polar surface area (TPSA) is 66.5 Å². The van der Waals surface area contributed by atoms with Crippen LogP contribution in [0.1, 0.15) is 10.4 Å². The van der Waals surface area contributed by atoms with Crippen LogP contribution in [0.15, 0.2) is 41.3 Å². The summed E-state index contributed by atoms with van der Waals surface area (Å²) in [6, 6.07) is 8.68. The van der Waals surface area contributed by atoms with Gasteiger partial charge in [-0.05, 0) is 24.3 Å². The number of anilines is 1. The first-order valence-electron chi connectivity index (χ1n) is 5.92. The van der Waals surface area contributed by atoms with Gasteiger partial charge in [-0.3, -0.25) is 10.2 Å². The molecule has 0 bridgehead atoms. The number of fused-ring (bicyclic) bond motifs is 1. The van der Waals surface area contributed by atoms with E-state index in [9.17, 15) is 13.2 Å². The molecule has 1 aliphatic heterocycles. The van der Waals surface area contributed by atoms with E-state index in [4.69, 9.17) is 34.8 Å². The molecule has 1 N–H and O–H groups in total. The van der Waals surface area contributed by atoms with Gasteiger partial charge in [-0.25, -0.2) is 0 Å². The Hall–Kier alpha value is -1.47. The van der Waals surface area contributed by atoms with Crippen molar-refractivity contribution in [3.05, 3.63) is 57.0 Å². The number of hydrogen-bond donors (Lipinski definition) is 1. The summed E-state index contributed by atoms with van der Waals surface area (Å²) >= 11 is 17.8. The van der Waals surface area contributed by atoms with Crippen LogP contribution in [0.4, 0.5) is 5.69 Å². The van der Waals surface area contributed by atoms with Crippen molar-refractivity contribution in [1.82, 2.24) is 4.41 Å². The number of halogens is 3.